The van der Waals surface area contributed by atoms with Gasteiger partial charge in [-0.1, -0.05) is 5.57 Å². The van der Waals surface area contributed by atoms with Crippen LogP contribution in [0.25, 0.3) is 0 Å². The fourth-order valence-corrected chi connectivity index (χ4v) is 2.47. The van der Waals surface area contributed by atoms with Gasteiger partial charge in [0.2, 0.25) is 0 Å². The number of hydrogen-bond acceptors (Lipinski definition) is 4. The van der Waals surface area contributed by atoms with Gasteiger partial charge >= 0.3 is 0 Å². The van der Waals surface area contributed by atoms with Gasteiger partial charge in [-0.2, -0.15) is 0 Å². The van der Waals surface area contributed by atoms with Crippen molar-refractivity contribution in [3.63, 3.8) is 0 Å². The molecule has 0 atom stereocenters. The van der Waals surface area contributed by atoms with Crippen molar-refractivity contribution in [3.05, 3.63) is 40.5 Å². The highest BCUT2D eigenvalue weighted by Gasteiger charge is 2.35. The van der Waals surface area contributed by atoms with Gasteiger partial charge in [-0.3, -0.25) is 14.4 Å². The van der Waals surface area contributed by atoms with E-state index < -0.39 is 5.60 Å². The van der Waals surface area contributed by atoms with E-state index in [-0.39, 0.29) is 35.1 Å². The number of Topliss-reactive ketones (excluding diaryl/α,β-unsaturated/α-hetero) is 2. The SMILES string of the molecule is CC(=O)c1cc(C(=O)C=C(C)C)c2c(c1)C(=O)CC(C)(C)O2. The van der Waals surface area contributed by atoms with Crippen LogP contribution in [0.2, 0.25) is 0 Å². The predicted molar refractivity (Wildman–Crippen MR) is 83.9 cm³/mol. The molecule has 0 spiro atoms. The second-order valence-corrected chi connectivity index (χ2v) is 6.50. The molecule has 1 aliphatic heterocycles. The molecular weight excluding hydrogens is 280 g/mol. The molecule has 116 valence electrons. The van der Waals surface area contributed by atoms with Gasteiger partial charge in [0, 0.05) is 5.56 Å². The number of carbonyl (C=O) groups excluding carboxylic acids is 3. The molecule has 0 unspecified atom stereocenters. The van der Waals surface area contributed by atoms with Crippen LogP contribution in [-0.4, -0.2) is 23.0 Å². The summed E-state index contributed by atoms with van der Waals surface area (Å²) < 4.78 is 5.88. The smallest absolute Gasteiger partial charge is 0.189 e. The molecule has 0 aromatic heterocycles. The number of ketones is 3. The number of carbonyl (C=O) groups is 3. The molecule has 0 saturated carbocycles. The lowest BCUT2D eigenvalue weighted by atomic mass is 9.88. The highest BCUT2D eigenvalue weighted by atomic mass is 16.5. The van der Waals surface area contributed by atoms with E-state index in [9.17, 15) is 14.4 Å². The minimum absolute atomic E-state index is 0.111. The van der Waals surface area contributed by atoms with E-state index in [2.05, 4.69) is 0 Å². The highest BCUT2D eigenvalue weighted by Crippen LogP contribution is 2.37. The number of fused-ring (bicyclic) bond motifs is 1. The maximum Gasteiger partial charge on any atom is 0.189 e. The lowest BCUT2D eigenvalue weighted by molar-refractivity contribution is 0.0613. The number of benzene rings is 1. The molecule has 0 aliphatic carbocycles. The Kier molecular flexibility index (Phi) is 4.05. The van der Waals surface area contributed by atoms with E-state index in [4.69, 9.17) is 4.74 Å². The molecule has 1 heterocycles. The Morgan fingerprint density at radius 2 is 1.82 bits per heavy atom. The molecule has 0 fully saturated rings. The van der Waals surface area contributed by atoms with E-state index in [0.717, 1.165) is 5.57 Å². The van der Waals surface area contributed by atoms with Crippen LogP contribution in [0.15, 0.2) is 23.8 Å². The summed E-state index contributed by atoms with van der Waals surface area (Å²) in [6.07, 6.45) is 1.70. The minimum Gasteiger partial charge on any atom is -0.486 e. The Labute approximate surface area is 130 Å². The van der Waals surface area contributed by atoms with Crippen LogP contribution in [0.1, 0.15) is 72.1 Å². The van der Waals surface area contributed by atoms with Crippen LogP contribution in [0.4, 0.5) is 0 Å². The van der Waals surface area contributed by atoms with Gasteiger partial charge in [0.05, 0.1) is 17.5 Å². The summed E-state index contributed by atoms with van der Waals surface area (Å²) >= 11 is 0. The molecule has 0 N–H and O–H groups in total. The first-order valence-corrected chi connectivity index (χ1v) is 7.21. The lowest BCUT2D eigenvalue weighted by Gasteiger charge is -2.32. The van der Waals surface area contributed by atoms with E-state index in [1.807, 2.05) is 27.7 Å². The standard InChI is InChI=1S/C18H20O4/c1-10(2)6-15(20)13-7-12(11(3)19)8-14-16(21)9-18(4,5)22-17(13)14/h6-8H,9H2,1-5H3. The molecule has 1 aromatic carbocycles. The van der Waals surface area contributed by atoms with Crippen LogP contribution in [0.5, 0.6) is 5.75 Å². The molecule has 22 heavy (non-hydrogen) atoms. The summed E-state index contributed by atoms with van der Waals surface area (Å²) in [4.78, 5) is 36.5. The molecule has 0 saturated heterocycles. The first-order valence-electron chi connectivity index (χ1n) is 7.21. The fraction of sp³-hybridized carbons (Fsp3) is 0.389. The van der Waals surface area contributed by atoms with Crippen LogP contribution in [0.3, 0.4) is 0 Å². The summed E-state index contributed by atoms with van der Waals surface area (Å²) in [7, 11) is 0. The third kappa shape index (κ3) is 3.16. The zero-order chi connectivity index (χ0) is 16.7. The van der Waals surface area contributed by atoms with Gasteiger partial charge in [-0.15, -0.1) is 0 Å². The Balaban J connectivity index is 2.71. The molecule has 0 radical (unpaired) electrons. The van der Waals surface area contributed by atoms with Crippen molar-refractivity contribution in [3.8, 4) is 5.75 Å². The second-order valence-electron chi connectivity index (χ2n) is 6.50. The average Bonchev–Trinajstić information content (AvgIpc) is 2.35. The zero-order valence-electron chi connectivity index (χ0n) is 13.6. The number of ether oxygens (including phenoxy) is 1. The van der Waals surface area contributed by atoms with E-state index >= 15 is 0 Å². The normalized spacial score (nSPS) is 15.6. The van der Waals surface area contributed by atoms with Gasteiger partial charge in [-0.25, -0.2) is 0 Å². The third-order valence-electron chi connectivity index (χ3n) is 3.45. The molecule has 1 aromatic rings. The van der Waals surface area contributed by atoms with E-state index in [0.29, 0.717) is 11.1 Å². The molecule has 1 aliphatic rings. The van der Waals surface area contributed by atoms with Gasteiger partial charge in [0.1, 0.15) is 11.4 Å². The number of hydrogen-bond donors (Lipinski definition) is 0. The van der Waals surface area contributed by atoms with Crippen LogP contribution in [-0.2, 0) is 0 Å². The quantitative estimate of drug-likeness (QED) is 0.629. The molecule has 2 rings (SSSR count). The zero-order valence-corrected chi connectivity index (χ0v) is 13.6. The fourth-order valence-electron chi connectivity index (χ4n) is 2.47. The molecular formula is C18H20O4. The maximum atomic E-state index is 12.4. The Morgan fingerprint density at radius 1 is 1.18 bits per heavy atom. The molecule has 0 bridgehead atoms. The number of rotatable bonds is 3. The Morgan fingerprint density at radius 3 is 2.36 bits per heavy atom. The third-order valence-corrected chi connectivity index (χ3v) is 3.45. The summed E-state index contributed by atoms with van der Waals surface area (Å²) in [5.74, 6) is -0.272. The molecule has 0 amide bonds. The first-order chi connectivity index (χ1) is 10.1. The highest BCUT2D eigenvalue weighted by molar-refractivity contribution is 6.13. The molecule has 4 nitrogen and oxygen atoms in total. The van der Waals surface area contributed by atoms with Crippen molar-refractivity contribution in [1.82, 2.24) is 0 Å². The summed E-state index contributed by atoms with van der Waals surface area (Å²) in [5, 5.41) is 0. The Bertz CT molecular complexity index is 704. The summed E-state index contributed by atoms with van der Waals surface area (Å²) in [5.41, 5.74) is 1.11. The van der Waals surface area contributed by atoms with Gasteiger partial charge in [0.15, 0.2) is 17.3 Å². The van der Waals surface area contributed by atoms with Crippen molar-refractivity contribution in [2.75, 3.05) is 0 Å². The van der Waals surface area contributed by atoms with E-state index in [1.54, 1.807) is 0 Å². The van der Waals surface area contributed by atoms with Crippen molar-refractivity contribution in [1.29, 1.82) is 0 Å². The van der Waals surface area contributed by atoms with Crippen LogP contribution in [0, 0.1) is 0 Å². The van der Waals surface area contributed by atoms with Gasteiger partial charge in [0.25, 0.3) is 0 Å². The van der Waals surface area contributed by atoms with Crippen LogP contribution < -0.4 is 4.74 Å². The second kappa shape index (κ2) is 5.52. The van der Waals surface area contributed by atoms with Crippen molar-refractivity contribution < 1.29 is 19.1 Å². The van der Waals surface area contributed by atoms with Crippen molar-refractivity contribution in [2.45, 2.75) is 46.6 Å². The summed E-state index contributed by atoms with van der Waals surface area (Å²) in [6, 6.07) is 3.03. The van der Waals surface area contributed by atoms with Gasteiger partial charge < -0.3 is 4.74 Å². The topological polar surface area (TPSA) is 60.4 Å². The Hall–Kier alpha value is -2.23. The number of allylic oxidation sites excluding steroid dienone is 2. The van der Waals surface area contributed by atoms with Crippen LogP contribution >= 0.6 is 0 Å². The summed E-state index contributed by atoms with van der Waals surface area (Å²) in [6.45, 7) is 8.66. The first kappa shape index (κ1) is 16.1. The van der Waals surface area contributed by atoms with Crippen molar-refractivity contribution >= 4 is 17.3 Å². The van der Waals surface area contributed by atoms with E-state index in [1.165, 1.54) is 25.1 Å². The monoisotopic (exact) mass is 300 g/mol. The largest absolute Gasteiger partial charge is 0.486 e. The van der Waals surface area contributed by atoms with Gasteiger partial charge in [-0.05, 0) is 52.8 Å². The lowest BCUT2D eigenvalue weighted by Crippen LogP contribution is -2.36. The maximum absolute atomic E-state index is 12.4. The van der Waals surface area contributed by atoms with Crippen molar-refractivity contribution in [2.24, 2.45) is 0 Å². The minimum atomic E-state index is -0.665. The average molecular weight is 300 g/mol. The predicted octanol–water partition coefficient (Wildman–Crippen LogP) is 3.78. The molecule has 4 heteroatoms.